The fourth-order valence-corrected chi connectivity index (χ4v) is 1.91. The number of rotatable bonds is 5. The van der Waals surface area contributed by atoms with E-state index in [1.807, 2.05) is 19.1 Å². The number of carbonyl (C=O) groups is 1. The van der Waals surface area contributed by atoms with Crippen LogP contribution in [0.25, 0.3) is 0 Å². The van der Waals surface area contributed by atoms with Gasteiger partial charge >= 0.3 is 5.97 Å². The number of nitrogens with one attached hydrogen (secondary N) is 1. The highest BCUT2D eigenvalue weighted by Gasteiger charge is 2.06. The summed E-state index contributed by atoms with van der Waals surface area (Å²) in [6.07, 6.45) is 2.38. The van der Waals surface area contributed by atoms with Crippen molar-refractivity contribution in [1.82, 2.24) is 0 Å². The number of hydrogen-bond acceptors (Lipinski definition) is 4. The van der Waals surface area contributed by atoms with Crippen molar-refractivity contribution in [2.45, 2.75) is 13.3 Å². The van der Waals surface area contributed by atoms with Crippen LogP contribution >= 0.6 is 15.9 Å². The molecule has 5 heteroatoms. The Morgan fingerprint density at radius 2 is 2.32 bits per heavy atom. The van der Waals surface area contributed by atoms with Crippen molar-refractivity contribution in [2.24, 2.45) is 0 Å². The zero-order valence-electron chi connectivity index (χ0n) is 10.9. The van der Waals surface area contributed by atoms with Crippen LogP contribution < -0.4 is 5.32 Å². The first-order valence-electron chi connectivity index (χ1n) is 5.83. The maximum Gasteiger partial charge on any atom is 0.333 e. The lowest BCUT2D eigenvalue weighted by Crippen LogP contribution is -2.07. The van der Waals surface area contributed by atoms with E-state index in [9.17, 15) is 4.79 Å². The number of anilines is 1. The Kier molecular flexibility index (Phi) is 6.10. The molecule has 0 aliphatic heterocycles. The predicted octanol–water partition coefficient (Wildman–Crippen LogP) is 3.24. The Morgan fingerprint density at radius 3 is 2.89 bits per heavy atom. The number of esters is 1. The summed E-state index contributed by atoms with van der Waals surface area (Å²) in [6.45, 7) is 2.35. The molecular formula is C14H15BrN2O2. The van der Waals surface area contributed by atoms with Crippen molar-refractivity contribution >= 4 is 27.6 Å². The van der Waals surface area contributed by atoms with E-state index in [1.54, 1.807) is 12.1 Å². The summed E-state index contributed by atoms with van der Waals surface area (Å²) in [5, 5.41) is 12.1. The van der Waals surface area contributed by atoms with E-state index in [4.69, 9.17) is 5.26 Å². The van der Waals surface area contributed by atoms with E-state index in [-0.39, 0.29) is 5.97 Å². The maximum absolute atomic E-state index is 11.4. The van der Waals surface area contributed by atoms with Gasteiger partial charge in [-0.1, -0.05) is 28.9 Å². The van der Waals surface area contributed by atoms with Gasteiger partial charge in [-0.2, -0.15) is 5.26 Å². The molecule has 100 valence electrons. The number of hydrogen-bond donors (Lipinski definition) is 1. The zero-order valence-corrected chi connectivity index (χ0v) is 12.5. The van der Waals surface area contributed by atoms with E-state index in [0.29, 0.717) is 24.1 Å². The average Bonchev–Trinajstić information content (AvgIpc) is 2.43. The van der Waals surface area contributed by atoms with Crippen molar-refractivity contribution in [3.05, 3.63) is 39.9 Å². The number of benzene rings is 1. The molecule has 1 N–H and O–H groups in total. The van der Waals surface area contributed by atoms with Gasteiger partial charge in [0, 0.05) is 16.6 Å². The molecule has 0 aliphatic carbocycles. The van der Waals surface area contributed by atoms with Gasteiger partial charge in [0.2, 0.25) is 0 Å². The minimum Gasteiger partial charge on any atom is -0.466 e. The largest absolute Gasteiger partial charge is 0.466 e. The molecule has 0 heterocycles. The lowest BCUT2D eigenvalue weighted by molar-refractivity contribution is -0.136. The first kappa shape index (κ1) is 15.3. The van der Waals surface area contributed by atoms with E-state index in [1.165, 1.54) is 7.11 Å². The SMILES string of the molecule is CC/C(=C/CNc1cc(Br)ccc1C#N)C(=O)OC. The fraction of sp³-hybridized carbons (Fsp3) is 0.286. The van der Waals surface area contributed by atoms with Gasteiger partial charge in [0.25, 0.3) is 0 Å². The Balaban J connectivity index is 2.77. The maximum atomic E-state index is 11.4. The summed E-state index contributed by atoms with van der Waals surface area (Å²) in [4.78, 5) is 11.4. The van der Waals surface area contributed by atoms with E-state index in [2.05, 4.69) is 32.1 Å². The number of halogens is 1. The average molecular weight is 323 g/mol. The molecule has 19 heavy (non-hydrogen) atoms. The van der Waals surface area contributed by atoms with Gasteiger partial charge in [0.1, 0.15) is 6.07 Å². The standard InChI is InChI=1S/C14H15BrN2O2/c1-3-10(14(18)19-2)6-7-17-13-8-12(15)5-4-11(13)9-16/h4-6,8,17H,3,7H2,1-2H3/b10-6-. The van der Waals surface area contributed by atoms with E-state index < -0.39 is 0 Å². The van der Waals surface area contributed by atoms with Crippen LogP contribution in [0, 0.1) is 11.3 Å². The van der Waals surface area contributed by atoms with Crippen molar-refractivity contribution in [1.29, 1.82) is 5.26 Å². The second-order valence-corrected chi connectivity index (χ2v) is 4.67. The van der Waals surface area contributed by atoms with Gasteiger partial charge in [0.15, 0.2) is 0 Å². The molecule has 0 radical (unpaired) electrons. The lowest BCUT2D eigenvalue weighted by atomic mass is 10.1. The summed E-state index contributed by atoms with van der Waals surface area (Å²) in [5.41, 5.74) is 1.91. The molecule has 0 saturated heterocycles. The summed E-state index contributed by atoms with van der Waals surface area (Å²) < 4.78 is 5.57. The Hall–Kier alpha value is -1.80. The first-order valence-corrected chi connectivity index (χ1v) is 6.62. The van der Waals surface area contributed by atoms with Crippen LogP contribution in [-0.4, -0.2) is 19.6 Å². The summed E-state index contributed by atoms with van der Waals surface area (Å²) in [6, 6.07) is 7.49. The molecule has 0 aliphatic rings. The van der Waals surface area contributed by atoms with Gasteiger partial charge in [-0.3, -0.25) is 0 Å². The second-order valence-electron chi connectivity index (χ2n) is 3.76. The third kappa shape index (κ3) is 4.42. The first-order chi connectivity index (χ1) is 9.12. The van der Waals surface area contributed by atoms with Crippen molar-refractivity contribution in [3.63, 3.8) is 0 Å². The van der Waals surface area contributed by atoms with Crippen LogP contribution in [0.5, 0.6) is 0 Å². The van der Waals surface area contributed by atoms with E-state index in [0.717, 1.165) is 10.2 Å². The van der Waals surface area contributed by atoms with Gasteiger partial charge < -0.3 is 10.1 Å². The Bertz CT molecular complexity index is 533. The molecule has 1 aromatic carbocycles. The van der Waals surface area contributed by atoms with Crippen LogP contribution in [-0.2, 0) is 9.53 Å². The van der Waals surface area contributed by atoms with Crippen LogP contribution in [0.4, 0.5) is 5.69 Å². The molecule has 0 atom stereocenters. The van der Waals surface area contributed by atoms with Crippen molar-refractivity contribution in [2.75, 3.05) is 19.0 Å². The molecule has 0 fully saturated rings. The molecule has 0 bridgehead atoms. The Morgan fingerprint density at radius 1 is 1.58 bits per heavy atom. The van der Waals surface area contributed by atoms with Crippen molar-refractivity contribution < 1.29 is 9.53 Å². The minimum atomic E-state index is -0.320. The molecule has 0 unspecified atom stereocenters. The number of methoxy groups -OCH3 is 1. The zero-order chi connectivity index (χ0) is 14.3. The van der Waals surface area contributed by atoms with Crippen LogP contribution in [0.1, 0.15) is 18.9 Å². The van der Waals surface area contributed by atoms with Crippen LogP contribution in [0.15, 0.2) is 34.3 Å². The second kappa shape index (κ2) is 7.59. The van der Waals surface area contributed by atoms with Gasteiger partial charge in [-0.25, -0.2) is 4.79 Å². The van der Waals surface area contributed by atoms with E-state index >= 15 is 0 Å². The number of nitrogens with zero attached hydrogens (tertiary/aromatic N) is 1. The fourth-order valence-electron chi connectivity index (χ4n) is 1.55. The summed E-state index contributed by atoms with van der Waals surface area (Å²) >= 11 is 3.36. The molecule has 4 nitrogen and oxygen atoms in total. The molecule has 1 aromatic rings. The van der Waals surface area contributed by atoms with Gasteiger partial charge in [-0.05, 0) is 24.6 Å². The molecular weight excluding hydrogens is 308 g/mol. The molecule has 1 rings (SSSR count). The summed E-state index contributed by atoms with van der Waals surface area (Å²) in [7, 11) is 1.36. The van der Waals surface area contributed by atoms with Crippen molar-refractivity contribution in [3.8, 4) is 6.07 Å². The Labute approximate surface area is 121 Å². The molecule has 0 saturated carbocycles. The molecule has 0 aromatic heterocycles. The quantitative estimate of drug-likeness (QED) is 0.667. The minimum absolute atomic E-state index is 0.320. The number of carbonyl (C=O) groups excluding carboxylic acids is 1. The number of ether oxygens (including phenoxy) is 1. The monoisotopic (exact) mass is 322 g/mol. The predicted molar refractivity (Wildman–Crippen MR) is 77.7 cm³/mol. The highest BCUT2D eigenvalue weighted by molar-refractivity contribution is 9.10. The smallest absolute Gasteiger partial charge is 0.333 e. The lowest BCUT2D eigenvalue weighted by Gasteiger charge is -2.07. The summed E-state index contributed by atoms with van der Waals surface area (Å²) in [5.74, 6) is -0.320. The highest BCUT2D eigenvalue weighted by Crippen LogP contribution is 2.20. The molecule has 0 amide bonds. The molecule has 0 spiro atoms. The highest BCUT2D eigenvalue weighted by atomic mass is 79.9. The van der Waals surface area contributed by atoms with Crippen LogP contribution in [0.3, 0.4) is 0 Å². The topological polar surface area (TPSA) is 62.1 Å². The van der Waals surface area contributed by atoms with Crippen LogP contribution in [0.2, 0.25) is 0 Å². The third-order valence-electron chi connectivity index (χ3n) is 2.57. The van der Waals surface area contributed by atoms with Gasteiger partial charge in [0.05, 0.1) is 18.4 Å². The third-order valence-corrected chi connectivity index (χ3v) is 3.06. The normalized spacial score (nSPS) is 10.7. The number of nitriles is 1. The van der Waals surface area contributed by atoms with Gasteiger partial charge in [-0.15, -0.1) is 0 Å².